The quantitative estimate of drug-likeness (QED) is 0.819. The molecule has 2 aromatic carbocycles. The molecule has 0 bridgehead atoms. The summed E-state index contributed by atoms with van der Waals surface area (Å²) in [4.78, 5) is 0. The van der Waals surface area contributed by atoms with Crippen molar-refractivity contribution < 1.29 is 4.74 Å². The van der Waals surface area contributed by atoms with E-state index in [1.807, 2.05) is 18.2 Å². The Morgan fingerprint density at radius 2 is 1.94 bits per heavy atom. The number of nitrogens with two attached hydrogens (primary N) is 1. The number of halogens is 2. The van der Waals surface area contributed by atoms with Crippen LogP contribution in [0.3, 0.4) is 0 Å². The van der Waals surface area contributed by atoms with E-state index in [4.69, 9.17) is 22.1 Å². The smallest absolute Gasteiger partial charge is 0.121 e. The number of ether oxygens (including phenoxy) is 1. The standard InChI is InChI=1S/C13H12BrClN2O/c1-18-9-3-4-10(14)12(7-9)17-13-6-8(15)2-5-11(13)16/h2-7,17H,16H2,1H3. The Morgan fingerprint density at radius 1 is 1.17 bits per heavy atom. The number of nitrogens with one attached hydrogen (secondary N) is 1. The fraction of sp³-hybridized carbons (Fsp3) is 0.0769. The van der Waals surface area contributed by atoms with Crippen molar-refractivity contribution in [3.63, 3.8) is 0 Å². The van der Waals surface area contributed by atoms with Crippen LogP contribution in [0.2, 0.25) is 5.02 Å². The first-order valence-corrected chi connectivity index (χ1v) is 6.43. The molecular formula is C13H12BrClN2O. The highest BCUT2D eigenvalue weighted by Gasteiger charge is 2.05. The summed E-state index contributed by atoms with van der Waals surface area (Å²) in [5.74, 6) is 0.765. The van der Waals surface area contributed by atoms with Gasteiger partial charge in [0.15, 0.2) is 0 Å². The zero-order chi connectivity index (χ0) is 13.1. The largest absolute Gasteiger partial charge is 0.497 e. The van der Waals surface area contributed by atoms with E-state index < -0.39 is 0 Å². The molecule has 3 nitrogen and oxygen atoms in total. The summed E-state index contributed by atoms with van der Waals surface area (Å²) >= 11 is 9.42. The Bertz CT molecular complexity index is 575. The molecule has 0 saturated heterocycles. The van der Waals surface area contributed by atoms with Crippen LogP contribution >= 0.6 is 27.5 Å². The number of hydrogen-bond acceptors (Lipinski definition) is 3. The van der Waals surface area contributed by atoms with Gasteiger partial charge >= 0.3 is 0 Å². The average molecular weight is 328 g/mol. The first-order chi connectivity index (χ1) is 8.60. The third-order valence-corrected chi connectivity index (χ3v) is 3.38. The van der Waals surface area contributed by atoms with Gasteiger partial charge in [-0.25, -0.2) is 0 Å². The molecule has 0 unspecified atom stereocenters. The van der Waals surface area contributed by atoms with Gasteiger partial charge in [0.25, 0.3) is 0 Å². The molecule has 2 rings (SSSR count). The lowest BCUT2D eigenvalue weighted by Crippen LogP contribution is -1.97. The summed E-state index contributed by atoms with van der Waals surface area (Å²) in [5.41, 5.74) is 8.15. The van der Waals surface area contributed by atoms with Crippen LogP contribution in [0.25, 0.3) is 0 Å². The van der Waals surface area contributed by atoms with Crippen molar-refractivity contribution >= 4 is 44.6 Å². The zero-order valence-corrected chi connectivity index (χ0v) is 12.0. The minimum atomic E-state index is 0.630. The number of nitrogen functional groups attached to an aromatic ring is 1. The molecule has 0 fully saturated rings. The normalized spacial score (nSPS) is 10.2. The van der Waals surface area contributed by atoms with Crippen molar-refractivity contribution in [3.05, 3.63) is 45.9 Å². The van der Waals surface area contributed by atoms with Gasteiger partial charge in [0.1, 0.15) is 5.75 Å². The van der Waals surface area contributed by atoms with Gasteiger partial charge in [0.2, 0.25) is 0 Å². The fourth-order valence-electron chi connectivity index (χ4n) is 1.51. The second-order valence-electron chi connectivity index (χ2n) is 3.70. The van der Waals surface area contributed by atoms with Crippen LogP contribution in [0.4, 0.5) is 17.1 Å². The third kappa shape index (κ3) is 2.89. The number of benzene rings is 2. The number of hydrogen-bond donors (Lipinski definition) is 2. The van der Waals surface area contributed by atoms with Crippen molar-refractivity contribution in [1.29, 1.82) is 0 Å². The molecule has 0 radical (unpaired) electrons. The Labute approximate surface area is 119 Å². The van der Waals surface area contributed by atoms with E-state index in [1.54, 1.807) is 25.3 Å². The topological polar surface area (TPSA) is 47.3 Å². The van der Waals surface area contributed by atoms with Crippen LogP contribution in [-0.4, -0.2) is 7.11 Å². The fourth-order valence-corrected chi connectivity index (χ4v) is 2.03. The molecule has 3 N–H and O–H groups in total. The second-order valence-corrected chi connectivity index (χ2v) is 4.99. The van der Waals surface area contributed by atoms with Gasteiger partial charge in [0, 0.05) is 15.6 Å². The molecule has 0 aromatic heterocycles. The highest BCUT2D eigenvalue weighted by Crippen LogP contribution is 2.32. The monoisotopic (exact) mass is 326 g/mol. The lowest BCUT2D eigenvalue weighted by atomic mass is 10.2. The van der Waals surface area contributed by atoms with Crippen LogP contribution < -0.4 is 15.8 Å². The van der Waals surface area contributed by atoms with Crippen molar-refractivity contribution in [2.75, 3.05) is 18.2 Å². The summed E-state index contributed by atoms with van der Waals surface area (Å²) in [5, 5.41) is 3.85. The second kappa shape index (κ2) is 5.50. The van der Waals surface area contributed by atoms with Crippen LogP contribution in [0.15, 0.2) is 40.9 Å². The van der Waals surface area contributed by atoms with Crippen molar-refractivity contribution in [3.8, 4) is 5.75 Å². The molecule has 5 heteroatoms. The van der Waals surface area contributed by atoms with E-state index >= 15 is 0 Å². The third-order valence-electron chi connectivity index (χ3n) is 2.46. The maximum Gasteiger partial charge on any atom is 0.121 e. The number of methoxy groups -OCH3 is 1. The molecule has 0 heterocycles. The molecule has 0 aliphatic rings. The lowest BCUT2D eigenvalue weighted by Gasteiger charge is -2.12. The number of anilines is 3. The molecule has 0 aliphatic carbocycles. The molecular weight excluding hydrogens is 316 g/mol. The minimum Gasteiger partial charge on any atom is -0.497 e. The molecule has 0 amide bonds. The Kier molecular flexibility index (Phi) is 3.99. The first-order valence-electron chi connectivity index (χ1n) is 5.26. The zero-order valence-electron chi connectivity index (χ0n) is 9.71. The highest BCUT2D eigenvalue weighted by molar-refractivity contribution is 9.10. The van der Waals surface area contributed by atoms with Gasteiger partial charge in [-0.1, -0.05) is 11.6 Å². The van der Waals surface area contributed by atoms with Gasteiger partial charge in [-0.05, 0) is 46.3 Å². The van der Waals surface area contributed by atoms with Crippen molar-refractivity contribution in [1.82, 2.24) is 0 Å². The molecule has 2 aromatic rings. The molecule has 0 spiro atoms. The first kappa shape index (κ1) is 13.1. The molecule has 18 heavy (non-hydrogen) atoms. The van der Waals surface area contributed by atoms with Crippen molar-refractivity contribution in [2.45, 2.75) is 0 Å². The van der Waals surface area contributed by atoms with Crippen LogP contribution in [0.1, 0.15) is 0 Å². The van der Waals surface area contributed by atoms with Crippen LogP contribution in [-0.2, 0) is 0 Å². The van der Waals surface area contributed by atoms with E-state index in [-0.39, 0.29) is 0 Å². The summed E-state index contributed by atoms with van der Waals surface area (Å²) in [6, 6.07) is 11.0. The van der Waals surface area contributed by atoms with E-state index in [0.717, 1.165) is 21.6 Å². The van der Waals surface area contributed by atoms with Gasteiger partial charge in [-0.15, -0.1) is 0 Å². The van der Waals surface area contributed by atoms with E-state index in [0.29, 0.717) is 10.7 Å². The Hall–Kier alpha value is -1.39. The van der Waals surface area contributed by atoms with Gasteiger partial charge < -0.3 is 15.8 Å². The average Bonchev–Trinajstić information content (AvgIpc) is 2.36. The highest BCUT2D eigenvalue weighted by atomic mass is 79.9. The maximum atomic E-state index is 5.95. The lowest BCUT2D eigenvalue weighted by molar-refractivity contribution is 0.415. The van der Waals surface area contributed by atoms with Gasteiger partial charge in [-0.3, -0.25) is 0 Å². The summed E-state index contributed by atoms with van der Waals surface area (Å²) in [6.07, 6.45) is 0. The Morgan fingerprint density at radius 3 is 2.67 bits per heavy atom. The van der Waals surface area contributed by atoms with E-state index in [9.17, 15) is 0 Å². The summed E-state index contributed by atoms with van der Waals surface area (Å²) in [7, 11) is 1.63. The number of rotatable bonds is 3. The molecule has 0 aliphatic heterocycles. The summed E-state index contributed by atoms with van der Waals surface area (Å²) in [6.45, 7) is 0. The van der Waals surface area contributed by atoms with Crippen LogP contribution in [0.5, 0.6) is 5.75 Å². The van der Waals surface area contributed by atoms with Gasteiger partial charge in [0.05, 0.1) is 24.2 Å². The Balaban J connectivity index is 2.36. The van der Waals surface area contributed by atoms with Crippen LogP contribution in [0, 0.1) is 0 Å². The predicted molar refractivity (Wildman–Crippen MR) is 79.8 cm³/mol. The molecule has 0 saturated carbocycles. The minimum absolute atomic E-state index is 0.630. The maximum absolute atomic E-state index is 5.95. The predicted octanol–water partition coefficient (Wildman–Crippen LogP) is 4.44. The SMILES string of the molecule is COc1ccc(Br)c(Nc2cc(Cl)ccc2N)c1. The van der Waals surface area contributed by atoms with E-state index in [2.05, 4.69) is 21.2 Å². The van der Waals surface area contributed by atoms with Gasteiger partial charge in [-0.2, -0.15) is 0 Å². The molecule has 0 atom stereocenters. The molecule has 94 valence electrons. The van der Waals surface area contributed by atoms with Crippen molar-refractivity contribution in [2.24, 2.45) is 0 Å². The summed E-state index contributed by atoms with van der Waals surface area (Å²) < 4.78 is 6.10. The van der Waals surface area contributed by atoms with E-state index in [1.165, 1.54) is 0 Å².